The van der Waals surface area contributed by atoms with Crippen LogP contribution in [0.4, 0.5) is 5.95 Å². The van der Waals surface area contributed by atoms with Gasteiger partial charge in [-0.1, -0.05) is 25.4 Å². The molecule has 0 bridgehead atoms. The Balaban J connectivity index is 1.71. The lowest BCUT2D eigenvalue weighted by Gasteiger charge is -2.24. The van der Waals surface area contributed by atoms with Crippen molar-refractivity contribution >= 4 is 11.6 Å². The quantitative estimate of drug-likeness (QED) is 0.405. The van der Waals surface area contributed by atoms with Crippen molar-refractivity contribution in [1.82, 2.24) is 30.2 Å². The number of aromatic nitrogens is 5. The summed E-state index contributed by atoms with van der Waals surface area (Å²) in [4.78, 5) is 6.24. The van der Waals surface area contributed by atoms with Crippen molar-refractivity contribution in [3.63, 3.8) is 0 Å². The minimum Gasteiger partial charge on any atom is -0.489 e. The minimum atomic E-state index is 0.277. The molecule has 2 heterocycles. The summed E-state index contributed by atoms with van der Waals surface area (Å²) in [7, 11) is 1.74. The maximum Gasteiger partial charge on any atom is 0.263 e. The minimum absolute atomic E-state index is 0.277. The van der Waals surface area contributed by atoms with Gasteiger partial charge in [0.05, 0.1) is 42.0 Å². The van der Waals surface area contributed by atoms with Gasteiger partial charge < -0.3 is 20.8 Å². The molecule has 0 aliphatic heterocycles. The molecule has 5 N–H and O–H groups in total. The number of aryl methyl sites for hydroxylation is 1. The monoisotopic (exact) mass is 429 g/mol. The van der Waals surface area contributed by atoms with E-state index in [-0.39, 0.29) is 6.10 Å². The first-order valence-corrected chi connectivity index (χ1v) is 11.0. The lowest BCUT2D eigenvalue weighted by Crippen LogP contribution is -2.32. The number of tetrazole rings is 1. The topological polar surface area (TPSA) is 133 Å². The average Bonchev–Trinajstić information content (AvgIpc) is 3.16. The molecular formula is C21H35N9O. The van der Waals surface area contributed by atoms with Crippen molar-refractivity contribution in [2.45, 2.75) is 65.5 Å². The SMILES string of the molecule is Cc1nc(/C(N)=C(\CNc2nnn(CC(C)C)n2)N(C)N)ccc1OC1CCCCC1. The number of pyridine rings is 1. The van der Waals surface area contributed by atoms with E-state index in [0.717, 1.165) is 24.3 Å². The van der Waals surface area contributed by atoms with Gasteiger partial charge in [0.1, 0.15) is 5.75 Å². The molecule has 31 heavy (non-hydrogen) atoms. The fourth-order valence-electron chi connectivity index (χ4n) is 3.62. The van der Waals surface area contributed by atoms with E-state index >= 15 is 0 Å². The van der Waals surface area contributed by atoms with Gasteiger partial charge in [0.2, 0.25) is 0 Å². The summed E-state index contributed by atoms with van der Waals surface area (Å²) in [5, 5.41) is 17.0. The van der Waals surface area contributed by atoms with Crippen LogP contribution in [0.25, 0.3) is 5.70 Å². The van der Waals surface area contributed by atoms with Crippen LogP contribution in [0.5, 0.6) is 5.75 Å². The number of anilines is 1. The summed E-state index contributed by atoms with van der Waals surface area (Å²) in [6.45, 7) is 7.18. The maximum atomic E-state index is 6.43. The standard InChI is InChI=1S/C21H35N9O/c1-14(2)13-30-27-21(26-28-30)24-12-18(29(4)23)20(22)17-10-11-19(15(3)25-17)31-16-8-6-5-7-9-16/h10-11,14,16H,5-9,12-13,22-23H2,1-4H3,(H,24,27)/b20-18-. The van der Waals surface area contributed by atoms with E-state index < -0.39 is 0 Å². The predicted octanol–water partition coefficient (Wildman–Crippen LogP) is 2.29. The van der Waals surface area contributed by atoms with Gasteiger partial charge in [-0.3, -0.25) is 0 Å². The van der Waals surface area contributed by atoms with Gasteiger partial charge in [-0.15, -0.1) is 5.10 Å². The molecule has 10 heteroatoms. The summed E-state index contributed by atoms with van der Waals surface area (Å²) in [5.41, 5.74) is 9.06. The van der Waals surface area contributed by atoms with E-state index in [2.05, 4.69) is 39.6 Å². The first-order valence-electron chi connectivity index (χ1n) is 11.0. The van der Waals surface area contributed by atoms with Crippen molar-refractivity contribution in [3.05, 3.63) is 29.2 Å². The average molecular weight is 430 g/mol. The fourth-order valence-corrected chi connectivity index (χ4v) is 3.62. The third-order valence-corrected chi connectivity index (χ3v) is 5.29. The van der Waals surface area contributed by atoms with E-state index in [4.69, 9.17) is 16.3 Å². The summed E-state index contributed by atoms with van der Waals surface area (Å²) in [6, 6.07) is 3.82. The molecule has 0 radical (unpaired) electrons. The van der Waals surface area contributed by atoms with Crippen molar-refractivity contribution in [3.8, 4) is 5.75 Å². The van der Waals surface area contributed by atoms with Gasteiger partial charge in [-0.2, -0.15) is 4.80 Å². The van der Waals surface area contributed by atoms with Crippen molar-refractivity contribution in [1.29, 1.82) is 0 Å². The van der Waals surface area contributed by atoms with Crippen LogP contribution in [-0.4, -0.2) is 49.9 Å². The van der Waals surface area contributed by atoms with Crippen LogP contribution in [0, 0.1) is 12.8 Å². The second kappa shape index (κ2) is 10.4. The van der Waals surface area contributed by atoms with Crippen LogP contribution >= 0.6 is 0 Å². The van der Waals surface area contributed by atoms with E-state index in [9.17, 15) is 0 Å². The smallest absolute Gasteiger partial charge is 0.263 e. The summed E-state index contributed by atoms with van der Waals surface area (Å²) < 4.78 is 6.17. The van der Waals surface area contributed by atoms with Gasteiger partial charge in [0.15, 0.2) is 0 Å². The van der Waals surface area contributed by atoms with E-state index in [1.165, 1.54) is 24.3 Å². The van der Waals surface area contributed by atoms with Crippen LogP contribution in [0.2, 0.25) is 0 Å². The molecule has 0 aromatic carbocycles. The summed E-state index contributed by atoms with van der Waals surface area (Å²) in [5.74, 6) is 7.72. The number of hydrogen-bond acceptors (Lipinski definition) is 9. The summed E-state index contributed by atoms with van der Waals surface area (Å²) in [6.07, 6.45) is 6.23. The largest absolute Gasteiger partial charge is 0.489 e. The second-order valence-corrected chi connectivity index (χ2v) is 8.54. The van der Waals surface area contributed by atoms with Gasteiger partial charge in [-0.05, 0) is 55.9 Å². The third-order valence-electron chi connectivity index (χ3n) is 5.29. The molecule has 0 amide bonds. The van der Waals surface area contributed by atoms with Gasteiger partial charge >= 0.3 is 0 Å². The van der Waals surface area contributed by atoms with Crippen LogP contribution < -0.4 is 21.6 Å². The lowest BCUT2D eigenvalue weighted by molar-refractivity contribution is 0.153. The van der Waals surface area contributed by atoms with Crippen LogP contribution in [0.15, 0.2) is 17.8 Å². The van der Waals surface area contributed by atoms with Crippen LogP contribution in [0.1, 0.15) is 57.3 Å². The zero-order valence-corrected chi connectivity index (χ0v) is 19.0. The van der Waals surface area contributed by atoms with Gasteiger partial charge in [-0.25, -0.2) is 10.8 Å². The van der Waals surface area contributed by atoms with E-state index in [0.29, 0.717) is 42.0 Å². The Morgan fingerprint density at radius 2 is 2.03 bits per heavy atom. The Labute approximate surface area is 184 Å². The number of nitrogens with one attached hydrogen (secondary N) is 1. The molecule has 0 saturated heterocycles. The highest BCUT2D eigenvalue weighted by Gasteiger charge is 2.17. The molecule has 1 aliphatic rings. The molecule has 1 fully saturated rings. The first kappa shape index (κ1) is 22.8. The number of rotatable bonds is 9. The Kier molecular flexibility index (Phi) is 7.67. The van der Waals surface area contributed by atoms with E-state index in [1.54, 1.807) is 11.8 Å². The number of likely N-dealkylation sites (N-methyl/N-ethyl adjacent to an activating group) is 1. The highest BCUT2D eigenvalue weighted by atomic mass is 16.5. The van der Waals surface area contributed by atoms with Gasteiger partial charge in [0, 0.05) is 7.05 Å². The molecule has 2 aromatic rings. The molecule has 1 saturated carbocycles. The fraction of sp³-hybridized carbons (Fsp3) is 0.619. The molecular weight excluding hydrogens is 394 g/mol. The number of nitrogens with two attached hydrogens (primary N) is 2. The molecule has 0 atom stereocenters. The maximum absolute atomic E-state index is 6.43. The number of nitrogens with zero attached hydrogens (tertiary/aromatic N) is 6. The zero-order valence-electron chi connectivity index (χ0n) is 19.0. The number of hydrazine groups is 1. The Hall–Kier alpha value is -2.88. The highest BCUT2D eigenvalue weighted by molar-refractivity contribution is 5.64. The van der Waals surface area contributed by atoms with Crippen molar-refractivity contribution in [2.75, 3.05) is 18.9 Å². The Bertz CT molecular complexity index is 885. The van der Waals surface area contributed by atoms with E-state index in [1.807, 2.05) is 19.1 Å². The highest BCUT2D eigenvalue weighted by Crippen LogP contribution is 2.26. The Morgan fingerprint density at radius 3 is 2.68 bits per heavy atom. The normalized spacial score (nSPS) is 15.7. The lowest BCUT2D eigenvalue weighted by atomic mass is 9.98. The molecule has 0 spiro atoms. The first-order chi connectivity index (χ1) is 14.8. The van der Waals surface area contributed by atoms with Gasteiger partial charge in [0.25, 0.3) is 5.95 Å². The van der Waals surface area contributed by atoms with Crippen LogP contribution in [0.3, 0.4) is 0 Å². The van der Waals surface area contributed by atoms with Crippen LogP contribution in [-0.2, 0) is 6.54 Å². The molecule has 0 unspecified atom stereocenters. The zero-order chi connectivity index (χ0) is 22.4. The van der Waals surface area contributed by atoms with Crippen molar-refractivity contribution < 1.29 is 4.74 Å². The predicted molar refractivity (Wildman–Crippen MR) is 121 cm³/mol. The Morgan fingerprint density at radius 1 is 1.29 bits per heavy atom. The number of ether oxygens (including phenoxy) is 1. The molecule has 1 aliphatic carbocycles. The summed E-state index contributed by atoms with van der Waals surface area (Å²) >= 11 is 0. The number of hydrogen-bond donors (Lipinski definition) is 3. The third kappa shape index (κ3) is 6.30. The molecule has 3 rings (SSSR count). The molecule has 2 aromatic heterocycles. The molecule has 10 nitrogen and oxygen atoms in total. The molecule has 170 valence electrons. The second-order valence-electron chi connectivity index (χ2n) is 8.54. The van der Waals surface area contributed by atoms with Crippen molar-refractivity contribution in [2.24, 2.45) is 17.5 Å².